The first-order chi connectivity index (χ1) is 10.1. The summed E-state index contributed by atoms with van der Waals surface area (Å²) in [5.74, 6) is 0.347. The number of nitrogens with zero attached hydrogens (tertiary/aromatic N) is 5. The van der Waals surface area contributed by atoms with Crippen molar-refractivity contribution in [2.45, 2.75) is 13.3 Å². The van der Waals surface area contributed by atoms with Crippen LogP contribution in [0.15, 0.2) is 18.2 Å². The summed E-state index contributed by atoms with van der Waals surface area (Å²) < 4.78 is 3.50. The van der Waals surface area contributed by atoms with Gasteiger partial charge in [0.05, 0.1) is 28.0 Å². The maximum absolute atomic E-state index is 8.92. The Morgan fingerprint density at radius 3 is 2.81 bits per heavy atom. The maximum atomic E-state index is 8.92. The number of hydrogen-bond acceptors (Lipinski definition) is 4. The average Bonchev–Trinajstić information content (AvgIpc) is 2.96. The summed E-state index contributed by atoms with van der Waals surface area (Å²) in [5, 5.41) is 13.8. The zero-order valence-corrected chi connectivity index (χ0v) is 12.4. The Balaban J connectivity index is 2.33. The van der Waals surface area contributed by atoms with E-state index in [4.69, 9.17) is 22.6 Å². The third-order valence-corrected chi connectivity index (χ3v) is 3.68. The van der Waals surface area contributed by atoms with Crippen molar-refractivity contribution in [3.63, 3.8) is 0 Å². The summed E-state index contributed by atoms with van der Waals surface area (Å²) in [4.78, 5) is 4.40. The van der Waals surface area contributed by atoms with E-state index in [1.54, 1.807) is 27.4 Å². The fraction of sp³-hybridized carbons (Fsp3) is 0.214. The number of rotatable bonds is 2. The number of nitrogen functional groups attached to an aromatic ring is 1. The SMILES string of the molecule is CCc1nn(C)c2c1nc(N)n2-c1ccc(C#N)cc1Cl. The van der Waals surface area contributed by atoms with Gasteiger partial charge in [-0.2, -0.15) is 10.4 Å². The van der Waals surface area contributed by atoms with Crippen molar-refractivity contribution in [2.24, 2.45) is 7.05 Å². The summed E-state index contributed by atoms with van der Waals surface area (Å²) in [6, 6.07) is 7.13. The minimum absolute atomic E-state index is 0.347. The molecule has 0 aliphatic carbocycles. The van der Waals surface area contributed by atoms with Gasteiger partial charge in [0.2, 0.25) is 5.95 Å². The van der Waals surface area contributed by atoms with Crippen LogP contribution in [0.2, 0.25) is 5.02 Å². The largest absolute Gasteiger partial charge is 0.369 e. The highest BCUT2D eigenvalue weighted by Gasteiger charge is 2.19. The molecule has 21 heavy (non-hydrogen) atoms. The molecule has 7 heteroatoms. The van der Waals surface area contributed by atoms with Crippen LogP contribution >= 0.6 is 11.6 Å². The van der Waals surface area contributed by atoms with E-state index in [2.05, 4.69) is 16.2 Å². The van der Waals surface area contributed by atoms with Crippen LogP contribution in [-0.4, -0.2) is 19.3 Å². The molecule has 2 heterocycles. The van der Waals surface area contributed by atoms with Gasteiger partial charge in [-0.15, -0.1) is 0 Å². The summed E-state index contributed by atoms with van der Waals surface area (Å²) in [6.07, 6.45) is 0.773. The molecule has 0 unspecified atom stereocenters. The third kappa shape index (κ3) is 1.94. The van der Waals surface area contributed by atoms with Crippen LogP contribution in [0.25, 0.3) is 16.9 Å². The Bertz CT molecular complexity index is 883. The fourth-order valence-corrected chi connectivity index (χ4v) is 2.69. The van der Waals surface area contributed by atoms with E-state index in [1.165, 1.54) is 0 Å². The number of fused-ring (bicyclic) bond motifs is 1. The van der Waals surface area contributed by atoms with Crippen LogP contribution < -0.4 is 5.73 Å². The summed E-state index contributed by atoms with van der Waals surface area (Å²) in [5.41, 5.74) is 9.68. The summed E-state index contributed by atoms with van der Waals surface area (Å²) in [7, 11) is 1.84. The molecule has 0 bridgehead atoms. The molecule has 3 aromatic rings. The minimum atomic E-state index is 0.347. The van der Waals surface area contributed by atoms with Crippen LogP contribution in [0.5, 0.6) is 0 Å². The normalized spacial score (nSPS) is 11.0. The number of hydrogen-bond donors (Lipinski definition) is 1. The lowest BCUT2D eigenvalue weighted by atomic mass is 10.2. The molecule has 2 N–H and O–H groups in total. The lowest BCUT2D eigenvalue weighted by Crippen LogP contribution is -2.05. The first-order valence-corrected chi connectivity index (χ1v) is 6.84. The van der Waals surface area contributed by atoms with Crippen molar-refractivity contribution in [1.82, 2.24) is 19.3 Å². The van der Waals surface area contributed by atoms with Gasteiger partial charge in [0.1, 0.15) is 5.52 Å². The van der Waals surface area contributed by atoms with E-state index in [-0.39, 0.29) is 0 Å². The molecule has 3 rings (SSSR count). The lowest BCUT2D eigenvalue weighted by Gasteiger charge is -2.09. The molecule has 0 saturated carbocycles. The molecular formula is C14H13ClN6. The molecule has 106 valence electrons. The highest BCUT2D eigenvalue weighted by Crippen LogP contribution is 2.29. The third-order valence-electron chi connectivity index (χ3n) is 3.38. The molecule has 0 aliphatic rings. The molecule has 0 saturated heterocycles. The van der Waals surface area contributed by atoms with Crippen molar-refractivity contribution in [3.8, 4) is 11.8 Å². The van der Waals surface area contributed by atoms with E-state index in [1.807, 2.05) is 14.0 Å². The highest BCUT2D eigenvalue weighted by molar-refractivity contribution is 6.32. The summed E-state index contributed by atoms with van der Waals surface area (Å²) in [6.45, 7) is 2.02. The molecule has 0 amide bonds. The number of benzene rings is 1. The van der Waals surface area contributed by atoms with Gasteiger partial charge in [0, 0.05) is 7.05 Å². The van der Waals surface area contributed by atoms with Crippen molar-refractivity contribution in [3.05, 3.63) is 34.5 Å². The second-order valence-electron chi connectivity index (χ2n) is 4.68. The zero-order valence-electron chi connectivity index (χ0n) is 11.6. The number of aromatic nitrogens is 4. The van der Waals surface area contributed by atoms with E-state index >= 15 is 0 Å². The van der Waals surface area contributed by atoms with Crippen molar-refractivity contribution in [1.29, 1.82) is 5.26 Å². The Hall–Kier alpha value is -2.52. The van der Waals surface area contributed by atoms with E-state index in [9.17, 15) is 0 Å². The molecule has 6 nitrogen and oxygen atoms in total. The quantitative estimate of drug-likeness (QED) is 0.787. The van der Waals surface area contributed by atoms with Crippen LogP contribution in [0.3, 0.4) is 0 Å². The molecule has 1 aromatic carbocycles. The minimum Gasteiger partial charge on any atom is -0.369 e. The molecule has 0 atom stereocenters. The van der Waals surface area contributed by atoms with Gasteiger partial charge in [-0.25, -0.2) is 9.67 Å². The van der Waals surface area contributed by atoms with Crippen LogP contribution in [0, 0.1) is 11.3 Å². The Kier molecular flexibility index (Phi) is 3.07. The fourth-order valence-electron chi connectivity index (χ4n) is 2.43. The predicted octanol–water partition coefficient (Wildman–Crippen LogP) is 2.43. The summed E-state index contributed by atoms with van der Waals surface area (Å²) >= 11 is 6.28. The number of nitriles is 1. The second kappa shape index (κ2) is 4.79. The molecule has 0 aliphatic heterocycles. The van der Waals surface area contributed by atoms with E-state index in [0.717, 1.165) is 23.3 Å². The Morgan fingerprint density at radius 2 is 2.19 bits per heavy atom. The molecular weight excluding hydrogens is 288 g/mol. The first-order valence-electron chi connectivity index (χ1n) is 6.46. The van der Waals surface area contributed by atoms with Gasteiger partial charge in [0.15, 0.2) is 5.65 Å². The monoisotopic (exact) mass is 300 g/mol. The Morgan fingerprint density at radius 1 is 1.43 bits per heavy atom. The number of imidazole rings is 1. The van der Waals surface area contributed by atoms with Crippen LogP contribution in [0.4, 0.5) is 5.95 Å². The van der Waals surface area contributed by atoms with Gasteiger partial charge in [-0.3, -0.25) is 4.57 Å². The smallest absolute Gasteiger partial charge is 0.207 e. The number of anilines is 1. The molecule has 0 fully saturated rings. The van der Waals surface area contributed by atoms with Gasteiger partial charge in [-0.05, 0) is 24.6 Å². The maximum Gasteiger partial charge on any atom is 0.207 e. The van der Waals surface area contributed by atoms with Crippen LogP contribution in [-0.2, 0) is 13.5 Å². The molecule has 0 radical (unpaired) electrons. The van der Waals surface area contributed by atoms with Crippen molar-refractivity contribution < 1.29 is 0 Å². The van der Waals surface area contributed by atoms with Gasteiger partial charge in [0.25, 0.3) is 0 Å². The number of aryl methyl sites for hydroxylation is 2. The predicted molar refractivity (Wildman–Crippen MR) is 81.4 cm³/mol. The van der Waals surface area contributed by atoms with Crippen molar-refractivity contribution >= 4 is 28.7 Å². The van der Waals surface area contributed by atoms with Crippen molar-refractivity contribution in [2.75, 3.05) is 5.73 Å². The first kappa shape index (κ1) is 13.5. The number of halogens is 1. The van der Waals surface area contributed by atoms with Crippen LogP contribution in [0.1, 0.15) is 18.2 Å². The second-order valence-corrected chi connectivity index (χ2v) is 5.09. The topological polar surface area (TPSA) is 85.5 Å². The van der Waals surface area contributed by atoms with Gasteiger partial charge >= 0.3 is 0 Å². The highest BCUT2D eigenvalue weighted by atomic mass is 35.5. The van der Waals surface area contributed by atoms with Gasteiger partial charge in [-0.1, -0.05) is 18.5 Å². The number of nitrogens with two attached hydrogens (primary N) is 1. The van der Waals surface area contributed by atoms with E-state index < -0.39 is 0 Å². The van der Waals surface area contributed by atoms with E-state index in [0.29, 0.717) is 22.2 Å². The Labute approximate surface area is 126 Å². The zero-order chi connectivity index (χ0) is 15.1. The average molecular weight is 301 g/mol. The van der Waals surface area contributed by atoms with Gasteiger partial charge < -0.3 is 5.73 Å². The molecule has 0 spiro atoms. The standard InChI is InChI=1S/C14H13ClN6/c1-3-10-12-13(20(2)19-10)21(14(17)18-12)11-5-4-8(7-16)6-9(11)15/h4-6H,3H2,1-2H3,(H2,17,18). The molecule has 2 aromatic heterocycles. The lowest BCUT2D eigenvalue weighted by molar-refractivity contribution is 0.751.